The lowest BCUT2D eigenvalue weighted by atomic mass is 10.1. The van der Waals surface area contributed by atoms with E-state index in [0.717, 1.165) is 5.75 Å². The molecule has 0 N–H and O–H groups in total. The summed E-state index contributed by atoms with van der Waals surface area (Å²) in [5.41, 5.74) is 0.540. The van der Waals surface area contributed by atoms with Crippen LogP contribution in [-0.2, 0) is 4.79 Å². The van der Waals surface area contributed by atoms with Crippen molar-refractivity contribution in [1.82, 2.24) is 0 Å². The van der Waals surface area contributed by atoms with Gasteiger partial charge in [0.2, 0.25) is 0 Å². The van der Waals surface area contributed by atoms with Crippen LogP contribution in [0.3, 0.4) is 0 Å². The third kappa shape index (κ3) is 3.54. The molecule has 15 heavy (non-hydrogen) atoms. The van der Waals surface area contributed by atoms with Crippen LogP contribution >= 0.6 is 0 Å². The molecule has 1 aromatic rings. The molecule has 3 heteroatoms. The molecule has 0 bridgehead atoms. The van der Waals surface area contributed by atoms with E-state index in [4.69, 9.17) is 4.74 Å². The number of aldehydes is 1. The zero-order valence-corrected chi connectivity index (χ0v) is 8.90. The quantitative estimate of drug-likeness (QED) is 0.421. The molecule has 0 aliphatic rings. The number of ether oxygens (including phenoxy) is 1. The number of carbonyl (C=O) groups excluding carboxylic acids is 2. The van der Waals surface area contributed by atoms with Gasteiger partial charge in [-0.25, -0.2) is 0 Å². The average Bonchev–Trinajstić information content (AvgIpc) is 2.18. The Morgan fingerprint density at radius 1 is 1.33 bits per heavy atom. The Morgan fingerprint density at radius 2 is 1.93 bits per heavy atom. The molecular formula is C12H14O3. The van der Waals surface area contributed by atoms with Crippen molar-refractivity contribution < 1.29 is 14.3 Å². The minimum Gasteiger partial charge on any atom is -0.491 e. The second-order valence-corrected chi connectivity index (χ2v) is 3.48. The van der Waals surface area contributed by atoms with E-state index in [-0.39, 0.29) is 18.3 Å². The number of benzene rings is 1. The van der Waals surface area contributed by atoms with Crippen molar-refractivity contribution in [2.24, 2.45) is 0 Å². The first kappa shape index (κ1) is 11.4. The van der Waals surface area contributed by atoms with Crippen LogP contribution in [0.25, 0.3) is 0 Å². The van der Waals surface area contributed by atoms with Crippen molar-refractivity contribution in [3.8, 4) is 5.75 Å². The third-order valence-corrected chi connectivity index (χ3v) is 1.82. The van der Waals surface area contributed by atoms with Gasteiger partial charge >= 0.3 is 0 Å². The zero-order valence-electron chi connectivity index (χ0n) is 8.90. The molecule has 1 aromatic carbocycles. The first-order valence-corrected chi connectivity index (χ1v) is 4.87. The second kappa shape index (κ2) is 5.29. The highest BCUT2D eigenvalue weighted by molar-refractivity contribution is 6.02. The van der Waals surface area contributed by atoms with E-state index in [2.05, 4.69) is 0 Å². The molecule has 0 atom stereocenters. The molecule has 0 fully saturated rings. The topological polar surface area (TPSA) is 43.4 Å². The molecule has 0 aliphatic carbocycles. The van der Waals surface area contributed by atoms with E-state index in [1.165, 1.54) is 0 Å². The molecule has 0 aromatic heterocycles. The van der Waals surface area contributed by atoms with E-state index in [1.807, 2.05) is 13.8 Å². The third-order valence-electron chi connectivity index (χ3n) is 1.82. The van der Waals surface area contributed by atoms with Crippen LogP contribution in [0.5, 0.6) is 5.75 Å². The van der Waals surface area contributed by atoms with Crippen LogP contribution in [0.2, 0.25) is 0 Å². The van der Waals surface area contributed by atoms with Gasteiger partial charge in [-0.1, -0.05) is 0 Å². The molecule has 0 spiro atoms. The number of rotatable bonds is 5. The summed E-state index contributed by atoms with van der Waals surface area (Å²) in [6.45, 7) is 3.87. The highest BCUT2D eigenvalue weighted by atomic mass is 16.5. The van der Waals surface area contributed by atoms with Crippen molar-refractivity contribution in [2.45, 2.75) is 26.4 Å². The van der Waals surface area contributed by atoms with Gasteiger partial charge in [-0.3, -0.25) is 4.79 Å². The monoisotopic (exact) mass is 206 g/mol. The fourth-order valence-electron chi connectivity index (χ4n) is 1.19. The van der Waals surface area contributed by atoms with E-state index in [0.29, 0.717) is 11.8 Å². The molecular weight excluding hydrogens is 192 g/mol. The normalized spacial score (nSPS) is 10.1. The Balaban J connectivity index is 2.71. The van der Waals surface area contributed by atoms with Gasteiger partial charge in [-0.15, -0.1) is 0 Å². The lowest BCUT2D eigenvalue weighted by Crippen LogP contribution is -2.06. The summed E-state index contributed by atoms with van der Waals surface area (Å²) in [6.07, 6.45) is 0.659. The Labute approximate surface area is 89.1 Å². The summed E-state index contributed by atoms with van der Waals surface area (Å²) < 4.78 is 5.43. The lowest BCUT2D eigenvalue weighted by molar-refractivity contribution is -0.107. The lowest BCUT2D eigenvalue weighted by Gasteiger charge is -2.09. The zero-order chi connectivity index (χ0) is 11.3. The summed E-state index contributed by atoms with van der Waals surface area (Å²) in [4.78, 5) is 21.5. The van der Waals surface area contributed by atoms with Crippen molar-refractivity contribution in [3.05, 3.63) is 29.8 Å². The van der Waals surface area contributed by atoms with E-state index < -0.39 is 0 Å². The summed E-state index contributed by atoms with van der Waals surface area (Å²) in [7, 11) is 0. The molecule has 80 valence electrons. The molecule has 0 aliphatic heterocycles. The van der Waals surface area contributed by atoms with Crippen LogP contribution in [0.1, 0.15) is 30.6 Å². The first-order valence-electron chi connectivity index (χ1n) is 4.87. The molecule has 3 nitrogen and oxygen atoms in total. The predicted molar refractivity (Wildman–Crippen MR) is 57.2 cm³/mol. The van der Waals surface area contributed by atoms with Gasteiger partial charge < -0.3 is 9.53 Å². The maximum absolute atomic E-state index is 11.3. The number of ketones is 1. The number of hydrogen-bond acceptors (Lipinski definition) is 3. The molecule has 1 rings (SSSR count). The number of Topliss-reactive ketones (excluding diaryl/α,β-unsaturated/α-hetero) is 1. The Bertz CT molecular complexity index is 338. The number of carbonyl (C=O) groups is 2. The van der Waals surface area contributed by atoms with Crippen LogP contribution in [0.15, 0.2) is 24.3 Å². The minimum absolute atomic E-state index is 0.0651. The Hall–Kier alpha value is -1.64. The van der Waals surface area contributed by atoms with Gasteiger partial charge in [-0.05, 0) is 38.1 Å². The van der Waals surface area contributed by atoms with Gasteiger partial charge in [0.25, 0.3) is 0 Å². The molecule has 0 heterocycles. The molecule has 0 amide bonds. The van der Waals surface area contributed by atoms with Crippen molar-refractivity contribution in [3.63, 3.8) is 0 Å². The number of hydrogen-bond donors (Lipinski definition) is 0. The van der Waals surface area contributed by atoms with E-state index in [9.17, 15) is 9.59 Å². The van der Waals surface area contributed by atoms with Gasteiger partial charge in [0.05, 0.1) is 12.5 Å². The van der Waals surface area contributed by atoms with Crippen molar-refractivity contribution in [2.75, 3.05) is 0 Å². The van der Waals surface area contributed by atoms with Gasteiger partial charge in [-0.2, -0.15) is 0 Å². The summed E-state index contributed by atoms with van der Waals surface area (Å²) >= 11 is 0. The SMILES string of the molecule is CC(C)Oc1ccc(C(=O)CC=O)cc1. The molecule has 0 saturated heterocycles. The summed E-state index contributed by atoms with van der Waals surface area (Å²) in [5.74, 6) is 0.564. The van der Waals surface area contributed by atoms with Gasteiger partial charge in [0.1, 0.15) is 12.0 Å². The predicted octanol–water partition coefficient (Wildman–Crippen LogP) is 2.25. The van der Waals surface area contributed by atoms with Crippen molar-refractivity contribution in [1.29, 1.82) is 0 Å². The Morgan fingerprint density at radius 3 is 2.40 bits per heavy atom. The van der Waals surface area contributed by atoms with E-state index >= 15 is 0 Å². The second-order valence-electron chi connectivity index (χ2n) is 3.48. The molecule has 0 radical (unpaired) electrons. The van der Waals surface area contributed by atoms with Crippen LogP contribution in [0, 0.1) is 0 Å². The Kier molecular flexibility index (Phi) is 4.03. The van der Waals surface area contributed by atoms with Crippen molar-refractivity contribution >= 4 is 12.1 Å². The van der Waals surface area contributed by atoms with Crippen LogP contribution < -0.4 is 4.74 Å². The highest BCUT2D eigenvalue weighted by Crippen LogP contribution is 2.14. The standard InChI is InChI=1S/C12H14O3/c1-9(2)15-11-5-3-10(4-6-11)12(14)7-8-13/h3-6,8-9H,7H2,1-2H3. The maximum atomic E-state index is 11.3. The largest absolute Gasteiger partial charge is 0.491 e. The molecule has 0 saturated carbocycles. The van der Waals surface area contributed by atoms with Crippen LogP contribution in [0.4, 0.5) is 0 Å². The summed E-state index contributed by atoms with van der Waals surface area (Å²) in [6, 6.07) is 6.81. The molecule has 0 unspecified atom stereocenters. The van der Waals surface area contributed by atoms with Gasteiger partial charge in [0.15, 0.2) is 5.78 Å². The maximum Gasteiger partial charge on any atom is 0.169 e. The highest BCUT2D eigenvalue weighted by Gasteiger charge is 2.05. The first-order chi connectivity index (χ1) is 7.13. The average molecular weight is 206 g/mol. The smallest absolute Gasteiger partial charge is 0.169 e. The van der Waals surface area contributed by atoms with Crippen LogP contribution in [-0.4, -0.2) is 18.2 Å². The minimum atomic E-state index is -0.166. The van der Waals surface area contributed by atoms with E-state index in [1.54, 1.807) is 24.3 Å². The van der Waals surface area contributed by atoms with Gasteiger partial charge in [0, 0.05) is 5.56 Å². The summed E-state index contributed by atoms with van der Waals surface area (Å²) in [5, 5.41) is 0. The fraction of sp³-hybridized carbons (Fsp3) is 0.333. The fourth-order valence-corrected chi connectivity index (χ4v) is 1.19.